The average molecular weight is 229 g/mol. The van der Waals surface area contributed by atoms with Crippen molar-refractivity contribution in [3.05, 3.63) is 48.0 Å². The molecule has 0 aliphatic carbocycles. The van der Waals surface area contributed by atoms with Crippen LogP contribution in [0.3, 0.4) is 0 Å². The minimum Gasteiger partial charge on any atom is -0.395 e. The number of aliphatic hydroxyl groups excluding tert-OH is 1. The van der Waals surface area contributed by atoms with E-state index in [0.29, 0.717) is 0 Å². The van der Waals surface area contributed by atoms with E-state index in [9.17, 15) is 0 Å². The second-order valence-electron chi connectivity index (χ2n) is 4.58. The number of fused-ring (bicyclic) bond motifs is 1. The van der Waals surface area contributed by atoms with Crippen LogP contribution in [0, 0.1) is 0 Å². The number of aliphatic hydroxyl groups is 1. The van der Waals surface area contributed by atoms with Gasteiger partial charge in [0, 0.05) is 12.1 Å². The number of rotatable bonds is 4. The molecule has 0 aliphatic heterocycles. The van der Waals surface area contributed by atoms with Crippen molar-refractivity contribution in [1.82, 2.24) is 5.32 Å². The molecule has 2 aromatic carbocycles. The predicted molar refractivity (Wildman–Crippen MR) is 72.0 cm³/mol. The highest BCUT2D eigenvalue weighted by Crippen LogP contribution is 2.20. The molecule has 2 nitrogen and oxygen atoms in total. The van der Waals surface area contributed by atoms with Crippen molar-refractivity contribution in [1.29, 1.82) is 0 Å². The number of nitrogens with one attached hydrogen (secondary N) is 1. The largest absolute Gasteiger partial charge is 0.395 e. The van der Waals surface area contributed by atoms with E-state index < -0.39 is 0 Å². The molecule has 0 heterocycles. The molecule has 0 bridgehead atoms. The summed E-state index contributed by atoms with van der Waals surface area (Å²) in [5, 5.41) is 14.9. The van der Waals surface area contributed by atoms with Gasteiger partial charge in [-0.1, -0.05) is 36.4 Å². The van der Waals surface area contributed by atoms with Crippen LogP contribution in [-0.4, -0.2) is 17.8 Å². The van der Waals surface area contributed by atoms with Crippen LogP contribution in [0.1, 0.15) is 25.5 Å². The van der Waals surface area contributed by atoms with E-state index in [2.05, 4.69) is 54.7 Å². The minimum absolute atomic E-state index is 0.122. The molecule has 2 heteroatoms. The summed E-state index contributed by atoms with van der Waals surface area (Å²) >= 11 is 0. The van der Waals surface area contributed by atoms with Crippen molar-refractivity contribution >= 4 is 10.8 Å². The normalized spacial score (nSPS) is 14.8. The third-order valence-corrected chi connectivity index (χ3v) is 3.08. The van der Waals surface area contributed by atoms with Gasteiger partial charge in [0.15, 0.2) is 0 Å². The molecule has 2 aromatic rings. The van der Waals surface area contributed by atoms with E-state index in [0.717, 1.165) is 0 Å². The lowest BCUT2D eigenvalue weighted by Gasteiger charge is -2.19. The smallest absolute Gasteiger partial charge is 0.0582 e. The van der Waals surface area contributed by atoms with Gasteiger partial charge in [0.2, 0.25) is 0 Å². The third-order valence-electron chi connectivity index (χ3n) is 3.08. The molecule has 90 valence electrons. The fourth-order valence-corrected chi connectivity index (χ4v) is 2.05. The van der Waals surface area contributed by atoms with Crippen molar-refractivity contribution < 1.29 is 5.11 Å². The van der Waals surface area contributed by atoms with E-state index in [-0.39, 0.29) is 18.7 Å². The van der Waals surface area contributed by atoms with Gasteiger partial charge >= 0.3 is 0 Å². The fraction of sp³-hybridized carbons (Fsp3) is 0.333. The van der Waals surface area contributed by atoms with Gasteiger partial charge in [-0.05, 0) is 36.2 Å². The van der Waals surface area contributed by atoms with E-state index >= 15 is 0 Å². The molecule has 0 fully saturated rings. The predicted octanol–water partition coefficient (Wildman–Crippen LogP) is 2.87. The van der Waals surface area contributed by atoms with E-state index in [1.807, 2.05) is 6.92 Å². The first-order chi connectivity index (χ1) is 8.20. The average Bonchev–Trinajstić information content (AvgIpc) is 2.38. The van der Waals surface area contributed by atoms with Gasteiger partial charge in [-0.15, -0.1) is 0 Å². The Bertz CT molecular complexity index is 495. The van der Waals surface area contributed by atoms with Crippen molar-refractivity contribution in [3.8, 4) is 0 Å². The summed E-state index contributed by atoms with van der Waals surface area (Å²) in [6.45, 7) is 4.27. The summed E-state index contributed by atoms with van der Waals surface area (Å²) in [6, 6.07) is 15.2. The zero-order chi connectivity index (χ0) is 12.3. The van der Waals surface area contributed by atoms with Crippen molar-refractivity contribution in [3.63, 3.8) is 0 Å². The van der Waals surface area contributed by atoms with Crippen LogP contribution in [0.15, 0.2) is 42.5 Å². The topological polar surface area (TPSA) is 32.3 Å². The molecule has 0 aromatic heterocycles. The van der Waals surface area contributed by atoms with E-state index in [4.69, 9.17) is 5.11 Å². The molecule has 0 spiro atoms. The molecule has 17 heavy (non-hydrogen) atoms. The van der Waals surface area contributed by atoms with Crippen LogP contribution in [0.25, 0.3) is 10.8 Å². The van der Waals surface area contributed by atoms with Gasteiger partial charge < -0.3 is 10.4 Å². The van der Waals surface area contributed by atoms with Crippen molar-refractivity contribution in [2.75, 3.05) is 6.61 Å². The Labute approximate surface area is 102 Å². The first kappa shape index (κ1) is 12.1. The molecule has 2 N–H and O–H groups in total. The molecule has 0 saturated carbocycles. The Morgan fingerprint density at radius 1 is 1.06 bits per heavy atom. The quantitative estimate of drug-likeness (QED) is 0.845. The lowest BCUT2D eigenvalue weighted by Crippen LogP contribution is -2.31. The van der Waals surface area contributed by atoms with E-state index in [1.54, 1.807) is 0 Å². The fourth-order valence-electron chi connectivity index (χ4n) is 2.05. The number of hydrogen-bond donors (Lipinski definition) is 2. The van der Waals surface area contributed by atoms with Gasteiger partial charge in [0.05, 0.1) is 6.61 Å². The maximum Gasteiger partial charge on any atom is 0.0582 e. The molecule has 2 atom stereocenters. The van der Waals surface area contributed by atoms with Crippen LogP contribution in [0.4, 0.5) is 0 Å². The lowest BCUT2D eigenvalue weighted by molar-refractivity contribution is 0.243. The summed E-state index contributed by atoms with van der Waals surface area (Å²) in [4.78, 5) is 0. The van der Waals surface area contributed by atoms with Gasteiger partial charge in [-0.25, -0.2) is 0 Å². The molecular weight excluding hydrogens is 210 g/mol. The summed E-state index contributed by atoms with van der Waals surface area (Å²) in [6.07, 6.45) is 0. The summed E-state index contributed by atoms with van der Waals surface area (Å²) in [5.41, 5.74) is 1.25. The lowest BCUT2D eigenvalue weighted by atomic mass is 10.0. The van der Waals surface area contributed by atoms with Crippen LogP contribution in [-0.2, 0) is 0 Å². The van der Waals surface area contributed by atoms with Crippen LogP contribution >= 0.6 is 0 Å². The molecular formula is C15H19NO. The summed E-state index contributed by atoms with van der Waals surface area (Å²) < 4.78 is 0. The molecule has 0 saturated heterocycles. The zero-order valence-corrected chi connectivity index (χ0v) is 10.4. The van der Waals surface area contributed by atoms with E-state index in [1.165, 1.54) is 16.3 Å². The maximum atomic E-state index is 9.04. The van der Waals surface area contributed by atoms with Gasteiger partial charge in [0.1, 0.15) is 0 Å². The van der Waals surface area contributed by atoms with Crippen LogP contribution in [0.2, 0.25) is 0 Å². The van der Waals surface area contributed by atoms with Gasteiger partial charge in [-0.3, -0.25) is 0 Å². The SMILES string of the molecule is CC(CO)NC(C)c1ccc2ccccc2c1. The first-order valence-corrected chi connectivity index (χ1v) is 6.06. The Hall–Kier alpha value is -1.38. The Balaban J connectivity index is 2.23. The van der Waals surface area contributed by atoms with Gasteiger partial charge in [0.25, 0.3) is 0 Å². The highest BCUT2D eigenvalue weighted by Gasteiger charge is 2.08. The molecule has 2 rings (SSSR count). The molecule has 2 unspecified atom stereocenters. The maximum absolute atomic E-state index is 9.04. The highest BCUT2D eigenvalue weighted by atomic mass is 16.3. The minimum atomic E-state index is 0.122. The van der Waals surface area contributed by atoms with Crippen LogP contribution in [0.5, 0.6) is 0 Å². The molecule has 0 aliphatic rings. The summed E-state index contributed by atoms with van der Waals surface area (Å²) in [5.74, 6) is 0. The highest BCUT2D eigenvalue weighted by molar-refractivity contribution is 5.83. The second-order valence-corrected chi connectivity index (χ2v) is 4.58. The summed E-state index contributed by atoms with van der Waals surface area (Å²) in [7, 11) is 0. The molecule has 0 radical (unpaired) electrons. The van der Waals surface area contributed by atoms with Crippen LogP contribution < -0.4 is 5.32 Å². The monoisotopic (exact) mass is 229 g/mol. The first-order valence-electron chi connectivity index (χ1n) is 6.06. The molecule has 0 amide bonds. The second kappa shape index (κ2) is 5.30. The Morgan fingerprint density at radius 2 is 1.76 bits per heavy atom. The van der Waals surface area contributed by atoms with Gasteiger partial charge in [-0.2, -0.15) is 0 Å². The Morgan fingerprint density at radius 3 is 2.47 bits per heavy atom. The standard InChI is InChI=1S/C15H19NO/c1-11(10-17)16-12(2)14-8-7-13-5-3-4-6-15(13)9-14/h3-9,11-12,16-17H,10H2,1-2H3. The van der Waals surface area contributed by atoms with Crippen molar-refractivity contribution in [2.24, 2.45) is 0 Å². The van der Waals surface area contributed by atoms with Crippen molar-refractivity contribution in [2.45, 2.75) is 25.9 Å². The number of hydrogen-bond acceptors (Lipinski definition) is 2. The Kier molecular flexibility index (Phi) is 3.77. The zero-order valence-electron chi connectivity index (χ0n) is 10.4. The number of benzene rings is 2. The third kappa shape index (κ3) is 2.84.